The highest BCUT2D eigenvalue weighted by Crippen LogP contribution is 2.31. The Kier molecular flexibility index (Phi) is 3.62. The van der Waals surface area contributed by atoms with Crippen LogP contribution in [-0.2, 0) is 9.59 Å². The van der Waals surface area contributed by atoms with E-state index in [0.717, 1.165) is 22.6 Å². The monoisotopic (exact) mass is 293 g/mol. The molecule has 0 bridgehead atoms. The van der Waals surface area contributed by atoms with Gasteiger partial charge in [-0.2, -0.15) is 0 Å². The summed E-state index contributed by atoms with van der Waals surface area (Å²) in [5, 5.41) is 8.63. The predicted octanol–water partition coefficient (Wildman–Crippen LogP) is 3.05. The third kappa shape index (κ3) is 2.83. The molecule has 0 saturated heterocycles. The molecule has 0 atom stereocenters. The van der Waals surface area contributed by atoms with E-state index in [9.17, 15) is 9.59 Å². The van der Waals surface area contributed by atoms with E-state index in [1.54, 1.807) is 18.3 Å². The Balaban J connectivity index is 1.77. The van der Waals surface area contributed by atoms with Gasteiger partial charge in [0.05, 0.1) is 5.57 Å². The van der Waals surface area contributed by atoms with E-state index in [4.69, 9.17) is 0 Å². The first-order chi connectivity index (χ1) is 10.6. The maximum absolute atomic E-state index is 12.0. The van der Waals surface area contributed by atoms with E-state index in [2.05, 4.69) is 16.0 Å². The highest BCUT2D eigenvalue weighted by Gasteiger charge is 2.23. The van der Waals surface area contributed by atoms with Gasteiger partial charge in [0.2, 0.25) is 5.91 Å². The SMILES string of the molecule is CC(=O)Nc1ccc(NC=C2C(=O)Nc3ccccc32)cc1. The van der Waals surface area contributed by atoms with E-state index in [0.29, 0.717) is 5.57 Å². The molecule has 0 unspecified atom stereocenters. The van der Waals surface area contributed by atoms with Crippen molar-refractivity contribution in [2.24, 2.45) is 0 Å². The van der Waals surface area contributed by atoms with Gasteiger partial charge in [0.25, 0.3) is 5.91 Å². The summed E-state index contributed by atoms with van der Waals surface area (Å²) in [6.45, 7) is 1.47. The number of hydrogen-bond donors (Lipinski definition) is 3. The Labute approximate surface area is 128 Å². The molecule has 5 heteroatoms. The summed E-state index contributed by atoms with van der Waals surface area (Å²) >= 11 is 0. The van der Waals surface area contributed by atoms with Crippen LogP contribution in [0.3, 0.4) is 0 Å². The first-order valence-corrected chi connectivity index (χ1v) is 6.88. The maximum Gasteiger partial charge on any atom is 0.257 e. The highest BCUT2D eigenvalue weighted by atomic mass is 16.2. The van der Waals surface area contributed by atoms with E-state index >= 15 is 0 Å². The molecular weight excluding hydrogens is 278 g/mol. The third-order valence-corrected chi connectivity index (χ3v) is 3.30. The number of nitrogens with one attached hydrogen (secondary N) is 3. The van der Waals surface area contributed by atoms with Crippen LogP contribution in [0, 0.1) is 0 Å². The summed E-state index contributed by atoms with van der Waals surface area (Å²) in [5.74, 6) is -0.231. The summed E-state index contributed by atoms with van der Waals surface area (Å²) in [4.78, 5) is 22.9. The van der Waals surface area contributed by atoms with Gasteiger partial charge in [-0.15, -0.1) is 0 Å². The molecule has 1 heterocycles. The van der Waals surface area contributed by atoms with Gasteiger partial charge in [-0.3, -0.25) is 9.59 Å². The topological polar surface area (TPSA) is 70.2 Å². The summed E-state index contributed by atoms with van der Waals surface area (Å²) in [7, 11) is 0. The van der Waals surface area contributed by atoms with Crippen molar-refractivity contribution in [2.75, 3.05) is 16.0 Å². The standard InChI is InChI=1S/C17H15N3O2/c1-11(21)19-13-8-6-12(7-9-13)18-10-15-14-4-2-3-5-16(14)20-17(15)22/h2-10,18H,1H3,(H,19,21)(H,20,22). The van der Waals surface area contributed by atoms with Crippen LogP contribution in [-0.4, -0.2) is 11.8 Å². The lowest BCUT2D eigenvalue weighted by Gasteiger charge is -2.05. The fourth-order valence-electron chi connectivity index (χ4n) is 2.29. The first kappa shape index (κ1) is 13.9. The largest absolute Gasteiger partial charge is 0.361 e. The van der Waals surface area contributed by atoms with E-state index in [1.165, 1.54) is 6.92 Å². The number of carbonyl (C=O) groups excluding carboxylic acids is 2. The van der Waals surface area contributed by atoms with Crippen molar-refractivity contribution in [2.45, 2.75) is 6.92 Å². The predicted molar refractivity (Wildman–Crippen MR) is 87.4 cm³/mol. The van der Waals surface area contributed by atoms with Gasteiger partial charge < -0.3 is 16.0 Å². The number of fused-ring (bicyclic) bond motifs is 1. The zero-order valence-electron chi connectivity index (χ0n) is 12.0. The van der Waals surface area contributed by atoms with Crippen molar-refractivity contribution < 1.29 is 9.59 Å². The molecule has 3 N–H and O–H groups in total. The molecule has 2 aromatic carbocycles. The second-order valence-electron chi connectivity index (χ2n) is 4.96. The fraction of sp³-hybridized carbons (Fsp3) is 0.0588. The van der Waals surface area contributed by atoms with Gasteiger partial charge in [-0.25, -0.2) is 0 Å². The molecule has 0 radical (unpaired) electrons. The molecule has 2 aromatic rings. The minimum Gasteiger partial charge on any atom is -0.361 e. The molecule has 0 spiro atoms. The molecule has 0 aromatic heterocycles. The Bertz CT molecular complexity index is 764. The van der Waals surface area contributed by atoms with Gasteiger partial charge >= 0.3 is 0 Å². The second kappa shape index (κ2) is 5.73. The van der Waals surface area contributed by atoms with Crippen LogP contribution in [0.5, 0.6) is 0 Å². The van der Waals surface area contributed by atoms with Crippen LogP contribution < -0.4 is 16.0 Å². The molecule has 3 rings (SSSR count). The smallest absolute Gasteiger partial charge is 0.257 e. The lowest BCUT2D eigenvalue weighted by molar-refractivity contribution is -0.114. The van der Waals surface area contributed by atoms with Crippen LogP contribution in [0.1, 0.15) is 12.5 Å². The Morgan fingerprint density at radius 1 is 1.05 bits per heavy atom. The summed E-state index contributed by atoms with van der Waals surface area (Å²) in [5.41, 5.74) is 3.87. The first-order valence-electron chi connectivity index (χ1n) is 6.88. The van der Waals surface area contributed by atoms with E-state index in [1.807, 2.05) is 36.4 Å². The van der Waals surface area contributed by atoms with Crippen LogP contribution in [0.25, 0.3) is 5.57 Å². The summed E-state index contributed by atoms with van der Waals surface area (Å²) < 4.78 is 0. The molecule has 2 amide bonds. The van der Waals surface area contributed by atoms with Crippen molar-refractivity contribution >= 4 is 34.4 Å². The molecule has 5 nitrogen and oxygen atoms in total. The van der Waals surface area contributed by atoms with Gasteiger partial charge in [-0.1, -0.05) is 18.2 Å². The van der Waals surface area contributed by atoms with Crippen LogP contribution in [0.2, 0.25) is 0 Å². The molecule has 1 aliphatic heterocycles. The Morgan fingerprint density at radius 2 is 1.73 bits per heavy atom. The Morgan fingerprint density at radius 3 is 2.45 bits per heavy atom. The summed E-state index contributed by atoms with van der Waals surface area (Å²) in [6, 6.07) is 14.8. The zero-order valence-corrected chi connectivity index (χ0v) is 12.0. The maximum atomic E-state index is 12.0. The summed E-state index contributed by atoms with van der Waals surface area (Å²) in [6.07, 6.45) is 1.69. The van der Waals surface area contributed by atoms with Crippen LogP contribution >= 0.6 is 0 Å². The van der Waals surface area contributed by atoms with Crippen molar-refractivity contribution in [3.63, 3.8) is 0 Å². The van der Waals surface area contributed by atoms with Crippen molar-refractivity contribution in [1.82, 2.24) is 0 Å². The van der Waals surface area contributed by atoms with Crippen molar-refractivity contribution in [3.05, 3.63) is 60.3 Å². The lowest BCUT2D eigenvalue weighted by atomic mass is 10.1. The molecule has 110 valence electrons. The average Bonchev–Trinajstić information content (AvgIpc) is 2.81. The molecule has 0 saturated carbocycles. The number of hydrogen-bond acceptors (Lipinski definition) is 3. The van der Waals surface area contributed by atoms with Gasteiger partial charge in [0.1, 0.15) is 0 Å². The van der Waals surface area contributed by atoms with Gasteiger partial charge in [-0.05, 0) is 30.3 Å². The average molecular weight is 293 g/mol. The number of para-hydroxylation sites is 1. The number of amides is 2. The Hall–Kier alpha value is -3.08. The van der Waals surface area contributed by atoms with Gasteiger partial charge in [0, 0.05) is 35.7 Å². The third-order valence-electron chi connectivity index (χ3n) is 3.30. The number of anilines is 3. The van der Waals surface area contributed by atoms with Crippen LogP contribution in [0.15, 0.2) is 54.7 Å². The zero-order chi connectivity index (χ0) is 15.5. The molecule has 22 heavy (non-hydrogen) atoms. The van der Waals surface area contributed by atoms with Gasteiger partial charge in [0.15, 0.2) is 0 Å². The minimum atomic E-state index is -0.122. The van der Waals surface area contributed by atoms with E-state index in [-0.39, 0.29) is 11.8 Å². The van der Waals surface area contributed by atoms with Crippen LogP contribution in [0.4, 0.5) is 17.1 Å². The lowest BCUT2D eigenvalue weighted by Crippen LogP contribution is -2.06. The molecule has 1 aliphatic rings. The minimum absolute atomic E-state index is 0.109. The highest BCUT2D eigenvalue weighted by molar-refractivity contribution is 6.31. The van der Waals surface area contributed by atoms with Crippen molar-refractivity contribution in [1.29, 1.82) is 0 Å². The second-order valence-corrected chi connectivity index (χ2v) is 4.96. The quantitative estimate of drug-likeness (QED) is 0.762. The number of rotatable bonds is 3. The normalized spacial score (nSPS) is 14.4. The molecule has 0 fully saturated rings. The fourth-order valence-corrected chi connectivity index (χ4v) is 2.29. The molecule has 0 aliphatic carbocycles. The molecular formula is C17H15N3O2. The number of benzene rings is 2. The number of carbonyl (C=O) groups is 2. The van der Waals surface area contributed by atoms with Crippen molar-refractivity contribution in [3.8, 4) is 0 Å². The van der Waals surface area contributed by atoms with E-state index < -0.39 is 0 Å².